The lowest BCUT2D eigenvalue weighted by atomic mass is 9.45. The number of fused-ring (bicyclic) bond motifs is 5. The summed E-state index contributed by atoms with van der Waals surface area (Å²) in [6, 6.07) is 14.9. The maximum absolute atomic E-state index is 14.6. The van der Waals surface area contributed by atoms with Crippen molar-refractivity contribution in [3.05, 3.63) is 94.3 Å². The number of aliphatic hydroxyl groups excluding tert-OH is 1. The second-order valence-corrected chi connectivity index (χ2v) is 24.1. The van der Waals surface area contributed by atoms with Crippen molar-refractivity contribution in [2.75, 3.05) is 26.4 Å². The van der Waals surface area contributed by atoms with E-state index in [-0.39, 0.29) is 59.7 Å². The molecule has 5 aliphatic rings. The number of ether oxygens (including phenoxy) is 2. The Kier molecular flexibility index (Phi) is 19.4. The molecular formula is C57H71ClN6O12S2. The van der Waals surface area contributed by atoms with Gasteiger partial charge in [-0.3, -0.25) is 48.1 Å². The zero-order valence-corrected chi connectivity index (χ0v) is 47.3. The predicted molar refractivity (Wildman–Crippen MR) is 294 cm³/mol. The minimum atomic E-state index is -1.71. The van der Waals surface area contributed by atoms with Crippen LogP contribution in [0.15, 0.2) is 104 Å². The summed E-state index contributed by atoms with van der Waals surface area (Å²) in [5, 5.41) is 22.5. The zero-order chi connectivity index (χ0) is 56.7. The molecule has 0 aromatic heterocycles. The maximum Gasteiger partial charge on any atom is 0.306 e. The first-order chi connectivity index (χ1) is 37.1. The van der Waals surface area contributed by atoms with Gasteiger partial charge < -0.3 is 41.6 Å². The van der Waals surface area contributed by atoms with E-state index < -0.39 is 112 Å². The lowest BCUT2D eigenvalue weighted by Gasteiger charge is -2.64. The van der Waals surface area contributed by atoms with Gasteiger partial charge in [0.05, 0.1) is 20.8 Å². The molecule has 3 saturated carbocycles. The van der Waals surface area contributed by atoms with Crippen molar-refractivity contribution >= 4 is 88.1 Å². The van der Waals surface area contributed by atoms with E-state index >= 15 is 0 Å². The van der Waals surface area contributed by atoms with Crippen molar-refractivity contribution in [3.63, 3.8) is 0 Å². The third-order valence-electron chi connectivity index (χ3n) is 16.4. The first-order valence-electron chi connectivity index (χ1n) is 26.6. The number of hydrogen-bond acceptors (Lipinski definition) is 15. The maximum atomic E-state index is 14.6. The Morgan fingerprint density at radius 2 is 1.46 bits per heavy atom. The number of imide groups is 1. The number of halogens is 1. The lowest BCUT2D eigenvalue weighted by Crippen LogP contribution is -2.69. The standard InChI is InChI=1S/C57H71ClN6O12S2/c1-7-46(69)76-57(33(2)28-41-40-22-21-36-29-37(65)23-25-54(36,5)56(40,58)43(66)30-55(41,57)6)44(67)31-75-32-60-49(70)34(3)61-50(71)35(4)62-51(72)42(20-14-15-26-59)63-45(68)24-27-64-52(73)47(77-38-16-10-8-11-17-38)48(53(64)74)78-39-18-12-9-13-19-39/h8-13,16-19,23,25,29,33-35,40-43,66H,7,14-15,20-22,24,26-28,30-32,59H2,1-6H3,(H,60,70)(H,61,71)(H,62,72)(H,63,68)/t33-,34-,35-,40-,41?,42-,43-,54-,55-,56-,57?/m0/s1. The number of nitrogens with two attached hydrogens (primary N) is 1. The number of Topliss-reactive ketones (excluding diaryl/α,β-unsaturated/α-hetero) is 1. The molecule has 0 saturated heterocycles. The molecular weight excluding hydrogens is 1060 g/mol. The highest BCUT2D eigenvalue weighted by Gasteiger charge is 2.76. The number of aliphatic hydroxyl groups is 1. The van der Waals surface area contributed by atoms with Crippen LogP contribution in [0, 0.1) is 28.6 Å². The second-order valence-electron chi connectivity index (χ2n) is 21.3. The van der Waals surface area contributed by atoms with Crippen LogP contribution in [0.1, 0.15) is 99.3 Å². The highest BCUT2D eigenvalue weighted by molar-refractivity contribution is 8.08. The number of ketones is 2. The Balaban J connectivity index is 0.912. The minimum Gasteiger partial charge on any atom is -0.450 e. The average molecular weight is 1130 g/mol. The van der Waals surface area contributed by atoms with E-state index in [0.717, 1.165) is 20.3 Å². The van der Waals surface area contributed by atoms with Crippen LogP contribution in [0.2, 0.25) is 0 Å². The summed E-state index contributed by atoms with van der Waals surface area (Å²) in [7, 11) is 0. The molecule has 0 bridgehead atoms. The van der Waals surface area contributed by atoms with Gasteiger partial charge in [0, 0.05) is 45.9 Å². The Bertz CT molecular complexity index is 2700. The predicted octanol–water partition coefficient (Wildman–Crippen LogP) is 5.40. The monoisotopic (exact) mass is 1130 g/mol. The summed E-state index contributed by atoms with van der Waals surface area (Å²) in [6.07, 6.45) is 6.20. The van der Waals surface area contributed by atoms with Gasteiger partial charge in [-0.25, -0.2) is 0 Å². The molecule has 2 aromatic carbocycles. The Hall–Kier alpha value is -5.64. The van der Waals surface area contributed by atoms with E-state index in [1.54, 1.807) is 19.1 Å². The van der Waals surface area contributed by atoms with E-state index in [1.807, 2.05) is 81.4 Å². The molecule has 1 aliphatic heterocycles. The number of hydrogen-bond donors (Lipinski definition) is 6. The van der Waals surface area contributed by atoms with E-state index in [4.69, 9.17) is 26.8 Å². The molecule has 7 rings (SSSR count). The summed E-state index contributed by atoms with van der Waals surface area (Å²) in [5.74, 6) is -6.10. The summed E-state index contributed by atoms with van der Waals surface area (Å²) in [5.41, 5.74) is 2.97. The van der Waals surface area contributed by atoms with Gasteiger partial charge >= 0.3 is 5.97 Å². The van der Waals surface area contributed by atoms with E-state index in [9.17, 15) is 48.3 Å². The van der Waals surface area contributed by atoms with Crippen molar-refractivity contribution in [1.82, 2.24) is 26.2 Å². The van der Waals surface area contributed by atoms with Gasteiger partial charge in [-0.05, 0) is 114 Å². The largest absolute Gasteiger partial charge is 0.450 e. The molecule has 11 atom stereocenters. The summed E-state index contributed by atoms with van der Waals surface area (Å²) in [4.78, 5) is 123. The first kappa shape index (κ1) is 60.0. The van der Waals surface area contributed by atoms with E-state index in [2.05, 4.69) is 21.3 Å². The molecule has 2 unspecified atom stereocenters. The fourth-order valence-corrected chi connectivity index (χ4v) is 14.9. The smallest absolute Gasteiger partial charge is 0.306 e. The molecule has 2 aromatic rings. The zero-order valence-electron chi connectivity index (χ0n) is 44.9. The molecule has 18 nitrogen and oxygen atoms in total. The minimum absolute atomic E-state index is 0.00782. The van der Waals surface area contributed by atoms with Crippen LogP contribution in [0.5, 0.6) is 0 Å². The molecule has 1 heterocycles. The molecule has 0 radical (unpaired) electrons. The van der Waals surface area contributed by atoms with Crippen LogP contribution in [0.25, 0.3) is 0 Å². The highest BCUT2D eigenvalue weighted by Crippen LogP contribution is 2.72. The number of unbranched alkanes of at least 4 members (excludes halogenated alkanes) is 1. The SMILES string of the molecule is CCC(=O)OC1(C(=O)COCNC(=O)[C@H](C)NC(=O)[C@H](C)NC(=O)[C@H](CCCCN)NC(=O)CCN2C(=O)C(Sc3ccccc3)=C(Sc3ccccc3)C2=O)[C@@H](C)CC2[C@@H]3CCC4=CC(=O)C=C[C@]4(C)[C@@]3(Cl)[C@@H](O)C[C@@]21C. The molecule has 3 fully saturated rings. The highest BCUT2D eigenvalue weighted by atomic mass is 35.5. The molecule has 0 spiro atoms. The first-order valence-corrected chi connectivity index (χ1v) is 28.7. The molecule has 6 amide bonds. The van der Waals surface area contributed by atoms with Crippen molar-refractivity contribution in [2.24, 2.45) is 34.3 Å². The van der Waals surface area contributed by atoms with E-state index in [0.29, 0.717) is 38.6 Å². The topological polar surface area (TPSA) is 270 Å². The van der Waals surface area contributed by atoms with E-state index in [1.165, 1.54) is 43.4 Å². The number of esters is 1. The molecule has 78 heavy (non-hydrogen) atoms. The number of nitrogens with zero attached hydrogens (tertiary/aromatic N) is 1. The Morgan fingerprint density at radius 3 is 2.06 bits per heavy atom. The van der Waals surface area contributed by atoms with Crippen molar-refractivity contribution in [3.8, 4) is 0 Å². The summed E-state index contributed by atoms with van der Waals surface area (Å²) < 4.78 is 12.0. The number of thioether (sulfide) groups is 2. The van der Waals surface area contributed by atoms with Crippen LogP contribution < -0.4 is 27.0 Å². The van der Waals surface area contributed by atoms with Gasteiger partial charge in [0.15, 0.2) is 11.4 Å². The molecule has 420 valence electrons. The number of benzene rings is 2. The van der Waals surface area contributed by atoms with Crippen molar-refractivity contribution in [2.45, 2.75) is 144 Å². The number of carbonyl (C=O) groups is 9. The number of allylic oxidation sites excluding steroid dienone is 4. The summed E-state index contributed by atoms with van der Waals surface area (Å²) >= 11 is 9.96. The quantitative estimate of drug-likeness (QED) is 0.0253. The van der Waals surface area contributed by atoms with Crippen LogP contribution in [0.3, 0.4) is 0 Å². The fraction of sp³-hybridized carbons (Fsp3) is 0.526. The lowest BCUT2D eigenvalue weighted by molar-refractivity contribution is -0.203. The third kappa shape index (κ3) is 11.9. The van der Waals surface area contributed by atoms with Gasteiger partial charge in [-0.15, -0.1) is 11.6 Å². The Morgan fingerprint density at radius 1 is 0.859 bits per heavy atom. The molecule has 4 aliphatic carbocycles. The van der Waals surface area contributed by atoms with Crippen LogP contribution in [0.4, 0.5) is 0 Å². The van der Waals surface area contributed by atoms with Crippen LogP contribution in [-0.2, 0) is 52.6 Å². The number of alkyl halides is 1. The van der Waals surface area contributed by atoms with Gasteiger partial charge in [0.2, 0.25) is 29.4 Å². The van der Waals surface area contributed by atoms with Gasteiger partial charge in [-0.2, -0.15) is 0 Å². The average Bonchev–Trinajstić information content (AvgIpc) is 3.82. The van der Waals surface area contributed by atoms with Gasteiger partial charge in [-0.1, -0.05) is 99.3 Å². The normalized spacial score (nSPS) is 28.3. The number of rotatable bonds is 24. The second kappa shape index (κ2) is 25.2. The fourth-order valence-electron chi connectivity index (χ4n) is 12.3. The number of nitrogens with one attached hydrogen (secondary N) is 4. The van der Waals surface area contributed by atoms with Crippen molar-refractivity contribution in [1.29, 1.82) is 0 Å². The van der Waals surface area contributed by atoms with Crippen LogP contribution >= 0.6 is 35.1 Å². The number of amides is 6. The Labute approximate surface area is 468 Å². The third-order valence-corrected chi connectivity index (χ3v) is 19.7. The molecule has 21 heteroatoms. The van der Waals surface area contributed by atoms with Gasteiger partial charge in [0.25, 0.3) is 11.8 Å². The van der Waals surface area contributed by atoms with Crippen molar-refractivity contribution < 1.29 is 57.7 Å². The number of carbonyl (C=O) groups excluding carboxylic acids is 9. The molecule has 7 N–H and O–H groups in total. The summed E-state index contributed by atoms with van der Waals surface area (Å²) in [6.45, 7) is 9.17. The van der Waals surface area contributed by atoms with Crippen LogP contribution in [-0.4, -0.2) is 124 Å². The van der Waals surface area contributed by atoms with Gasteiger partial charge in [0.1, 0.15) is 31.5 Å².